The summed E-state index contributed by atoms with van der Waals surface area (Å²) in [6, 6.07) is 14.9. The number of carboxylic acids is 1. The first-order valence-corrected chi connectivity index (χ1v) is 13.8. The molecule has 2 aromatic heterocycles. The molecule has 0 radical (unpaired) electrons. The van der Waals surface area contributed by atoms with Crippen LogP contribution in [-0.4, -0.2) is 50.2 Å². The van der Waals surface area contributed by atoms with Crippen LogP contribution in [0.3, 0.4) is 0 Å². The van der Waals surface area contributed by atoms with Crippen LogP contribution < -0.4 is 5.32 Å². The van der Waals surface area contributed by atoms with Crippen molar-refractivity contribution < 1.29 is 23.9 Å². The fourth-order valence-corrected chi connectivity index (χ4v) is 6.81. The molecule has 210 valence electrons. The molecule has 41 heavy (non-hydrogen) atoms. The summed E-state index contributed by atoms with van der Waals surface area (Å²) < 4.78 is 16.0. The Kier molecular flexibility index (Phi) is 6.65. The number of aliphatic carboxylic acids is 1. The molecule has 2 fully saturated rings. The normalized spacial score (nSPS) is 23.1. The van der Waals surface area contributed by atoms with Crippen molar-refractivity contribution in [3.8, 4) is 11.1 Å². The Morgan fingerprint density at radius 3 is 2.51 bits per heavy atom. The quantitative estimate of drug-likeness (QED) is 0.260. The van der Waals surface area contributed by atoms with Gasteiger partial charge >= 0.3 is 5.97 Å². The second-order valence-electron chi connectivity index (χ2n) is 11.4. The van der Waals surface area contributed by atoms with E-state index in [1.165, 1.54) is 0 Å². The molecule has 0 bridgehead atoms. The van der Waals surface area contributed by atoms with Crippen molar-refractivity contribution in [1.82, 2.24) is 20.1 Å². The molecule has 2 aliphatic carbocycles. The molecule has 2 heterocycles. The molecule has 0 unspecified atom stereocenters. The number of carboxylic acid groups (broad SMARTS) is 1. The Hall–Kier alpha value is -4.11. The number of halogens is 2. The zero-order valence-electron chi connectivity index (χ0n) is 22.4. The maximum absolute atomic E-state index is 14.3. The minimum atomic E-state index is -2.12. The summed E-state index contributed by atoms with van der Waals surface area (Å²) in [6.07, 6.45) is 4.99. The number of nitrogens with one attached hydrogen (secondary N) is 1. The molecule has 0 atom stereocenters. The molecule has 0 saturated heterocycles. The largest absolute Gasteiger partial charge is 0.479 e. The Morgan fingerprint density at radius 1 is 1.10 bits per heavy atom. The van der Waals surface area contributed by atoms with E-state index in [2.05, 4.69) is 15.4 Å². The maximum Gasteiger partial charge on any atom is 0.341 e. The van der Waals surface area contributed by atoms with Gasteiger partial charge in [-0.05, 0) is 78.0 Å². The SMILES string of the molecule is CNC(=O)c1cc(-c2ccc(Cn3ncc4c(Cl)ccc(C(=O)CC5CC6(C5)CC(F)(C(=O)O)C6)c43)cc2)ccn1. The third-order valence-corrected chi connectivity index (χ3v) is 8.83. The van der Waals surface area contributed by atoms with Crippen molar-refractivity contribution in [2.75, 3.05) is 7.05 Å². The lowest BCUT2D eigenvalue weighted by Crippen LogP contribution is -2.59. The van der Waals surface area contributed by atoms with Crippen LogP contribution in [0.4, 0.5) is 4.39 Å². The van der Waals surface area contributed by atoms with Crippen LogP contribution in [0.15, 0.2) is 60.9 Å². The molecule has 2 N–H and O–H groups in total. The smallest absolute Gasteiger partial charge is 0.341 e. The Bertz CT molecular complexity index is 1690. The van der Waals surface area contributed by atoms with Crippen LogP contribution in [0.25, 0.3) is 22.0 Å². The van der Waals surface area contributed by atoms with Gasteiger partial charge in [0.15, 0.2) is 5.78 Å². The van der Waals surface area contributed by atoms with E-state index in [4.69, 9.17) is 16.7 Å². The molecule has 2 saturated carbocycles. The van der Waals surface area contributed by atoms with E-state index >= 15 is 0 Å². The van der Waals surface area contributed by atoms with Crippen LogP contribution >= 0.6 is 11.6 Å². The van der Waals surface area contributed by atoms with Gasteiger partial charge in [0.05, 0.1) is 23.3 Å². The number of rotatable bonds is 8. The van der Waals surface area contributed by atoms with E-state index in [-0.39, 0.29) is 35.9 Å². The number of pyridine rings is 1. The first kappa shape index (κ1) is 27.1. The summed E-state index contributed by atoms with van der Waals surface area (Å²) >= 11 is 6.46. The zero-order chi connectivity index (χ0) is 28.9. The van der Waals surface area contributed by atoms with E-state index in [1.54, 1.807) is 42.3 Å². The van der Waals surface area contributed by atoms with Crippen molar-refractivity contribution in [2.45, 2.75) is 44.3 Å². The van der Waals surface area contributed by atoms with Crippen LogP contribution in [0.2, 0.25) is 5.02 Å². The summed E-state index contributed by atoms with van der Waals surface area (Å²) in [6.45, 7) is 0.421. The molecule has 10 heteroatoms. The topological polar surface area (TPSA) is 114 Å². The Balaban J connectivity index is 1.18. The number of alkyl halides is 1. The first-order valence-electron chi connectivity index (χ1n) is 13.5. The van der Waals surface area contributed by atoms with Gasteiger partial charge in [0.1, 0.15) is 5.69 Å². The van der Waals surface area contributed by atoms with Gasteiger partial charge in [-0.15, -0.1) is 0 Å². The van der Waals surface area contributed by atoms with Gasteiger partial charge in [-0.1, -0.05) is 35.9 Å². The predicted molar refractivity (Wildman–Crippen MR) is 152 cm³/mol. The molecule has 8 nitrogen and oxygen atoms in total. The van der Waals surface area contributed by atoms with Gasteiger partial charge < -0.3 is 10.4 Å². The highest BCUT2D eigenvalue weighted by molar-refractivity contribution is 6.36. The molecule has 1 amide bonds. The van der Waals surface area contributed by atoms with E-state index in [0.29, 0.717) is 53.0 Å². The van der Waals surface area contributed by atoms with E-state index in [1.807, 2.05) is 30.3 Å². The number of fused-ring (bicyclic) bond motifs is 1. The van der Waals surface area contributed by atoms with Crippen LogP contribution in [0.5, 0.6) is 0 Å². The standard InChI is InChI=1S/C31H28ClFN4O4/c1-34-28(39)25-11-21(8-9-35-25)20-4-2-18(3-5-20)15-37-27-22(6-7-24(32)23(27)14-36-37)26(38)10-19-12-30(13-19)16-31(33,17-30)29(40)41/h2-9,11,14,19H,10,12-13,15-17H2,1H3,(H,34,39)(H,40,41). The lowest BCUT2D eigenvalue weighted by atomic mass is 9.46. The highest BCUT2D eigenvalue weighted by atomic mass is 35.5. The maximum atomic E-state index is 14.3. The fraction of sp³-hybridized carbons (Fsp3) is 0.323. The lowest BCUT2D eigenvalue weighted by Gasteiger charge is -2.58. The number of ketones is 1. The second-order valence-corrected chi connectivity index (χ2v) is 11.8. The summed E-state index contributed by atoms with van der Waals surface area (Å²) in [5, 5.41) is 17.4. The van der Waals surface area contributed by atoms with Crippen molar-refractivity contribution in [3.63, 3.8) is 0 Å². The molecule has 4 aromatic rings. The third kappa shape index (κ3) is 4.88. The Morgan fingerprint density at radius 2 is 1.83 bits per heavy atom. The monoisotopic (exact) mass is 574 g/mol. The van der Waals surface area contributed by atoms with Crippen LogP contribution in [0, 0.1) is 11.3 Å². The van der Waals surface area contributed by atoms with Crippen molar-refractivity contribution in [3.05, 3.63) is 82.8 Å². The first-order chi connectivity index (χ1) is 19.6. The summed E-state index contributed by atoms with van der Waals surface area (Å²) in [7, 11) is 1.56. The molecule has 1 spiro atoms. The highest BCUT2D eigenvalue weighted by Gasteiger charge is 2.64. The number of amides is 1. The molecule has 2 aliphatic rings. The average molecular weight is 575 g/mol. The molecule has 6 rings (SSSR count). The van der Waals surface area contributed by atoms with Gasteiger partial charge in [-0.2, -0.15) is 5.10 Å². The summed E-state index contributed by atoms with van der Waals surface area (Å²) in [5.74, 6) is -1.57. The summed E-state index contributed by atoms with van der Waals surface area (Å²) in [5.41, 5.74) is 1.93. The number of carbonyl (C=O) groups is 3. The van der Waals surface area contributed by atoms with Crippen LogP contribution in [0.1, 0.15) is 58.5 Å². The van der Waals surface area contributed by atoms with E-state index < -0.39 is 11.6 Å². The molecule has 2 aromatic carbocycles. The Labute approximate surface area is 240 Å². The molecular weight excluding hydrogens is 547 g/mol. The van der Waals surface area contributed by atoms with Gasteiger partial charge in [-0.25, -0.2) is 9.18 Å². The number of aromatic nitrogens is 3. The van der Waals surface area contributed by atoms with Crippen molar-refractivity contribution in [1.29, 1.82) is 0 Å². The third-order valence-electron chi connectivity index (χ3n) is 8.50. The van der Waals surface area contributed by atoms with Crippen molar-refractivity contribution >= 4 is 40.2 Å². The predicted octanol–water partition coefficient (Wildman–Crippen LogP) is 5.72. The number of hydrogen-bond donors (Lipinski definition) is 2. The number of Topliss-reactive ketones (excluding diaryl/α,β-unsaturated/α-hetero) is 1. The molecule has 0 aliphatic heterocycles. The van der Waals surface area contributed by atoms with Crippen molar-refractivity contribution in [2.24, 2.45) is 11.3 Å². The van der Waals surface area contributed by atoms with Gasteiger partial charge in [0.2, 0.25) is 5.67 Å². The van der Waals surface area contributed by atoms with Gasteiger partial charge in [0.25, 0.3) is 5.91 Å². The number of benzene rings is 2. The molecular formula is C31H28ClFN4O4. The second kappa shape index (κ2) is 10.1. The zero-order valence-corrected chi connectivity index (χ0v) is 23.1. The summed E-state index contributed by atoms with van der Waals surface area (Å²) in [4.78, 5) is 40.6. The van der Waals surface area contributed by atoms with E-state index in [9.17, 15) is 18.8 Å². The minimum absolute atomic E-state index is 0.0303. The van der Waals surface area contributed by atoms with E-state index in [0.717, 1.165) is 16.7 Å². The average Bonchev–Trinajstić information content (AvgIpc) is 3.35. The number of hydrogen-bond acceptors (Lipinski definition) is 5. The van der Waals surface area contributed by atoms with Crippen LogP contribution in [-0.2, 0) is 11.3 Å². The lowest BCUT2D eigenvalue weighted by molar-refractivity contribution is -0.185. The van der Waals surface area contributed by atoms with Gasteiger partial charge in [0, 0.05) is 30.6 Å². The fourth-order valence-electron chi connectivity index (χ4n) is 6.61. The number of carbonyl (C=O) groups excluding carboxylic acids is 2. The minimum Gasteiger partial charge on any atom is -0.479 e. The highest BCUT2D eigenvalue weighted by Crippen LogP contribution is 2.64. The number of nitrogens with zero attached hydrogens (tertiary/aromatic N) is 3. The van der Waals surface area contributed by atoms with Gasteiger partial charge in [-0.3, -0.25) is 19.3 Å².